The first-order valence-electron chi connectivity index (χ1n) is 8.12. The Morgan fingerprint density at radius 2 is 2.00 bits per heavy atom. The SMILES string of the molecule is CN=C(NCc1ccc(C)cc1OCCOC)NCc1nncn1C.I. The number of aryl methyl sites for hydroxylation is 2. The van der Waals surface area contributed by atoms with Crippen molar-refractivity contribution in [1.82, 2.24) is 25.4 Å². The summed E-state index contributed by atoms with van der Waals surface area (Å²) in [6, 6.07) is 6.15. The number of hydrogen-bond donors (Lipinski definition) is 2. The quantitative estimate of drug-likeness (QED) is 0.262. The van der Waals surface area contributed by atoms with Crippen LogP contribution in [0.25, 0.3) is 0 Å². The second-order valence-electron chi connectivity index (χ2n) is 5.59. The molecule has 9 heteroatoms. The highest BCUT2D eigenvalue weighted by molar-refractivity contribution is 14.0. The minimum atomic E-state index is 0. The van der Waals surface area contributed by atoms with Crippen LogP contribution < -0.4 is 15.4 Å². The number of hydrogen-bond acceptors (Lipinski definition) is 5. The summed E-state index contributed by atoms with van der Waals surface area (Å²) in [5, 5.41) is 14.4. The minimum absolute atomic E-state index is 0. The molecule has 0 saturated carbocycles. The molecule has 2 rings (SSSR count). The zero-order valence-electron chi connectivity index (χ0n) is 15.7. The fourth-order valence-corrected chi connectivity index (χ4v) is 2.21. The van der Waals surface area contributed by atoms with Gasteiger partial charge < -0.3 is 24.7 Å². The van der Waals surface area contributed by atoms with Gasteiger partial charge in [-0.2, -0.15) is 0 Å². The largest absolute Gasteiger partial charge is 0.491 e. The first-order chi connectivity index (χ1) is 12.1. The Bertz CT molecular complexity index is 704. The first-order valence-corrected chi connectivity index (χ1v) is 8.12. The highest BCUT2D eigenvalue weighted by Gasteiger charge is 2.07. The van der Waals surface area contributed by atoms with Gasteiger partial charge in [0.25, 0.3) is 0 Å². The van der Waals surface area contributed by atoms with Crippen LogP contribution in [0, 0.1) is 6.92 Å². The number of nitrogens with zero attached hydrogens (tertiary/aromatic N) is 4. The summed E-state index contributed by atoms with van der Waals surface area (Å²) < 4.78 is 12.7. The van der Waals surface area contributed by atoms with Crippen LogP contribution in [0.15, 0.2) is 29.5 Å². The number of halogens is 1. The van der Waals surface area contributed by atoms with Crippen molar-refractivity contribution in [1.29, 1.82) is 0 Å². The average Bonchev–Trinajstić information content (AvgIpc) is 3.02. The Morgan fingerprint density at radius 3 is 2.65 bits per heavy atom. The second-order valence-corrected chi connectivity index (χ2v) is 5.59. The first kappa shape index (κ1) is 22.2. The molecule has 8 nitrogen and oxygen atoms in total. The van der Waals surface area contributed by atoms with Gasteiger partial charge in [0.15, 0.2) is 11.8 Å². The van der Waals surface area contributed by atoms with Gasteiger partial charge in [-0.05, 0) is 18.6 Å². The lowest BCUT2D eigenvalue weighted by atomic mass is 10.1. The van der Waals surface area contributed by atoms with Crippen LogP contribution in [0.2, 0.25) is 0 Å². The Labute approximate surface area is 171 Å². The van der Waals surface area contributed by atoms with Crippen molar-refractivity contribution in [2.24, 2.45) is 12.0 Å². The minimum Gasteiger partial charge on any atom is -0.491 e. The highest BCUT2D eigenvalue weighted by atomic mass is 127. The zero-order valence-corrected chi connectivity index (χ0v) is 18.0. The normalized spacial score (nSPS) is 11.0. The monoisotopic (exact) mass is 474 g/mol. The number of aromatic nitrogens is 3. The maximum atomic E-state index is 5.81. The number of ether oxygens (including phenoxy) is 2. The fourth-order valence-electron chi connectivity index (χ4n) is 2.21. The Balaban J connectivity index is 0.00000338. The molecule has 0 bridgehead atoms. The third-order valence-corrected chi connectivity index (χ3v) is 3.66. The molecule has 0 unspecified atom stereocenters. The predicted octanol–water partition coefficient (Wildman–Crippen LogP) is 1.63. The molecule has 144 valence electrons. The maximum absolute atomic E-state index is 5.81. The summed E-state index contributed by atoms with van der Waals surface area (Å²) >= 11 is 0. The Morgan fingerprint density at radius 1 is 1.23 bits per heavy atom. The molecule has 1 aromatic carbocycles. The van der Waals surface area contributed by atoms with Crippen LogP contribution in [-0.2, 0) is 24.9 Å². The van der Waals surface area contributed by atoms with E-state index in [4.69, 9.17) is 9.47 Å². The van der Waals surface area contributed by atoms with Crippen molar-refractivity contribution in [3.8, 4) is 5.75 Å². The summed E-state index contributed by atoms with van der Waals surface area (Å²) in [6.45, 7) is 4.26. The molecule has 0 fully saturated rings. The second kappa shape index (κ2) is 11.7. The summed E-state index contributed by atoms with van der Waals surface area (Å²) in [7, 11) is 5.30. The van der Waals surface area contributed by atoms with Crippen LogP contribution >= 0.6 is 24.0 Å². The Kier molecular flexibility index (Phi) is 9.96. The van der Waals surface area contributed by atoms with E-state index in [1.54, 1.807) is 20.5 Å². The van der Waals surface area contributed by atoms with Gasteiger partial charge in [0.1, 0.15) is 18.7 Å². The molecule has 1 heterocycles. The molecule has 0 aliphatic carbocycles. The van der Waals surface area contributed by atoms with E-state index >= 15 is 0 Å². The molecule has 0 spiro atoms. The van der Waals surface area contributed by atoms with Crippen molar-refractivity contribution in [3.05, 3.63) is 41.5 Å². The molecule has 1 aromatic heterocycles. The van der Waals surface area contributed by atoms with E-state index in [1.807, 2.05) is 24.6 Å². The van der Waals surface area contributed by atoms with Crippen molar-refractivity contribution in [2.45, 2.75) is 20.0 Å². The van der Waals surface area contributed by atoms with E-state index in [0.29, 0.717) is 32.3 Å². The number of nitrogens with one attached hydrogen (secondary N) is 2. The molecule has 0 radical (unpaired) electrons. The fraction of sp³-hybridized carbons (Fsp3) is 0.471. The number of guanidine groups is 1. The highest BCUT2D eigenvalue weighted by Crippen LogP contribution is 2.20. The maximum Gasteiger partial charge on any atom is 0.191 e. The number of methoxy groups -OCH3 is 1. The van der Waals surface area contributed by atoms with Crippen molar-refractivity contribution in [2.75, 3.05) is 27.4 Å². The third kappa shape index (κ3) is 6.79. The molecule has 0 saturated heterocycles. The standard InChI is InChI=1S/C17H26N6O2.HI/c1-13-5-6-14(15(9-13)25-8-7-24-4)10-19-17(18-2)20-11-16-22-21-12-23(16)3;/h5-6,9,12H,7-8,10-11H2,1-4H3,(H2,18,19,20);1H. The summed E-state index contributed by atoms with van der Waals surface area (Å²) in [5.41, 5.74) is 2.21. The van der Waals surface area contributed by atoms with Gasteiger partial charge in [-0.25, -0.2) is 0 Å². The molecule has 2 N–H and O–H groups in total. The molecule has 26 heavy (non-hydrogen) atoms. The topological polar surface area (TPSA) is 85.6 Å². The van der Waals surface area contributed by atoms with Crippen molar-refractivity contribution < 1.29 is 9.47 Å². The lowest BCUT2D eigenvalue weighted by Gasteiger charge is -2.15. The number of benzene rings is 1. The van der Waals surface area contributed by atoms with Gasteiger partial charge in [0.2, 0.25) is 0 Å². The molecule has 0 aliphatic rings. The van der Waals surface area contributed by atoms with Gasteiger partial charge in [0, 0.05) is 33.3 Å². The van der Waals surface area contributed by atoms with E-state index < -0.39 is 0 Å². The van der Waals surface area contributed by atoms with E-state index in [0.717, 1.165) is 22.7 Å². The van der Waals surface area contributed by atoms with Crippen LogP contribution in [0.3, 0.4) is 0 Å². The predicted molar refractivity (Wildman–Crippen MR) is 112 cm³/mol. The number of aliphatic imine (C=N–C) groups is 1. The van der Waals surface area contributed by atoms with Crippen LogP contribution in [-0.4, -0.2) is 48.1 Å². The van der Waals surface area contributed by atoms with Crippen LogP contribution in [0.5, 0.6) is 5.75 Å². The lowest BCUT2D eigenvalue weighted by Crippen LogP contribution is -2.37. The van der Waals surface area contributed by atoms with Gasteiger partial charge in [-0.15, -0.1) is 34.2 Å². The third-order valence-electron chi connectivity index (χ3n) is 3.66. The number of rotatable bonds is 8. The van der Waals surface area contributed by atoms with E-state index in [1.165, 1.54) is 0 Å². The van der Waals surface area contributed by atoms with E-state index in [2.05, 4.69) is 38.0 Å². The van der Waals surface area contributed by atoms with Crippen molar-refractivity contribution >= 4 is 29.9 Å². The molecule has 0 aliphatic heterocycles. The smallest absolute Gasteiger partial charge is 0.191 e. The van der Waals surface area contributed by atoms with Gasteiger partial charge in [-0.1, -0.05) is 12.1 Å². The van der Waals surface area contributed by atoms with Crippen LogP contribution in [0.1, 0.15) is 17.0 Å². The van der Waals surface area contributed by atoms with Gasteiger partial charge >= 0.3 is 0 Å². The molecule has 2 aromatic rings. The molecular weight excluding hydrogens is 447 g/mol. The van der Waals surface area contributed by atoms with E-state index in [-0.39, 0.29) is 24.0 Å². The van der Waals surface area contributed by atoms with Crippen molar-refractivity contribution in [3.63, 3.8) is 0 Å². The lowest BCUT2D eigenvalue weighted by molar-refractivity contribution is 0.145. The van der Waals surface area contributed by atoms with E-state index in [9.17, 15) is 0 Å². The summed E-state index contributed by atoms with van der Waals surface area (Å²) in [5.74, 6) is 2.38. The van der Waals surface area contributed by atoms with Crippen LogP contribution in [0.4, 0.5) is 0 Å². The molecule has 0 amide bonds. The Hall–Kier alpha value is -1.88. The summed E-state index contributed by atoms with van der Waals surface area (Å²) in [6.07, 6.45) is 1.67. The average molecular weight is 474 g/mol. The van der Waals surface area contributed by atoms with Gasteiger partial charge in [0.05, 0.1) is 13.2 Å². The zero-order chi connectivity index (χ0) is 18.1. The van der Waals surface area contributed by atoms with Gasteiger partial charge in [-0.3, -0.25) is 4.99 Å². The summed E-state index contributed by atoms with van der Waals surface area (Å²) in [4.78, 5) is 4.23. The molecular formula is C17H27IN6O2. The molecule has 0 atom stereocenters.